The topological polar surface area (TPSA) is 30.5 Å². The van der Waals surface area contributed by atoms with Crippen LogP contribution >= 0.6 is 0 Å². The number of benzene rings is 1. The highest BCUT2D eigenvalue weighted by molar-refractivity contribution is 5.20. The lowest BCUT2D eigenvalue weighted by molar-refractivity contribution is 0.103. The molecule has 14 heavy (non-hydrogen) atoms. The Morgan fingerprint density at radius 1 is 1.43 bits per heavy atom. The molecule has 3 heteroatoms. The highest BCUT2D eigenvalue weighted by Crippen LogP contribution is 2.21. The van der Waals surface area contributed by atoms with Crippen molar-refractivity contribution in [3.8, 4) is 0 Å². The van der Waals surface area contributed by atoms with Crippen molar-refractivity contribution in [3.63, 3.8) is 0 Å². The summed E-state index contributed by atoms with van der Waals surface area (Å²) in [5.41, 5.74) is 2.10. The maximum atomic E-state index is 5.54. The second-order valence-electron chi connectivity index (χ2n) is 3.12. The summed E-state index contributed by atoms with van der Waals surface area (Å²) >= 11 is 0. The van der Waals surface area contributed by atoms with Gasteiger partial charge in [0.25, 0.3) is 0 Å². The molecule has 1 N–H and O–H groups in total. The minimum atomic E-state index is -0.0439. The monoisotopic (exact) mass is 191 g/mol. The molecule has 0 radical (unpaired) electrons. The van der Waals surface area contributed by atoms with Crippen molar-refractivity contribution >= 4 is 0 Å². The fourth-order valence-electron chi connectivity index (χ4n) is 1.44. The Morgan fingerprint density at radius 2 is 2.21 bits per heavy atom. The Bertz CT molecular complexity index is 321. The third-order valence-electron chi connectivity index (χ3n) is 2.08. The Kier molecular flexibility index (Phi) is 2.70. The molecule has 1 atom stereocenters. The lowest BCUT2D eigenvalue weighted by atomic mass is 10.2. The fourth-order valence-corrected chi connectivity index (χ4v) is 1.44. The van der Waals surface area contributed by atoms with E-state index in [4.69, 9.17) is 9.47 Å². The highest BCUT2D eigenvalue weighted by atomic mass is 16.5. The third kappa shape index (κ3) is 1.88. The van der Waals surface area contributed by atoms with Crippen LogP contribution in [0.2, 0.25) is 0 Å². The summed E-state index contributed by atoms with van der Waals surface area (Å²) in [6, 6.07) is 10.1. The molecule has 0 aliphatic carbocycles. The van der Waals surface area contributed by atoms with Crippen LogP contribution in [0.25, 0.3) is 0 Å². The molecule has 0 amide bonds. The summed E-state index contributed by atoms with van der Waals surface area (Å²) in [6.07, 6.45) is 1.63. The van der Waals surface area contributed by atoms with Crippen molar-refractivity contribution in [2.75, 3.05) is 13.7 Å². The van der Waals surface area contributed by atoms with Gasteiger partial charge >= 0.3 is 0 Å². The van der Waals surface area contributed by atoms with Crippen LogP contribution in [-0.4, -0.2) is 13.7 Å². The van der Waals surface area contributed by atoms with Crippen LogP contribution in [0.4, 0.5) is 0 Å². The van der Waals surface area contributed by atoms with E-state index < -0.39 is 0 Å². The number of hydrogen-bond donors (Lipinski definition) is 1. The predicted molar refractivity (Wildman–Crippen MR) is 53.4 cm³/mol. The van der Waals surface area contributed by atoms with Crippen LogP contribution in [0, 0.1) is 0 Å². The zero-order valence-electron chi connectivity index (χ0n) is 8.07. The van der Waals surface area contributed by atoms with Crippen LogP contribution < -0.4 is 5.32 Å². The molecule has 3 nitrogen and oxygen atoms in total. The SMILES string of the molecule is COC=C1COC(c2ccccc2)N1. The van der Waals surface area contributed by atoms with Gasteiger partial charge in [-0.3, -0.25) is 0 Å². The van der Waals surface area contributed by atoms with Crippen LogP contribution in [0.3, 0.4) is 0 Å². The average molecular weight is 191 g/mol. The Morgan fingerprint density at radius 3 is 2.93 bits per heavy atom. The first-order chi connectivity index (χ1) is 6.90. The Labute approximate surface area is 83.3 Å². The second kappa shape index (κ2) is 4.15. The van der Waals surface area contributed by atoms with E-state index in [1.807, 2.05) is 30.3 Å². The van der Waals surface area contributed by atoms with Gasteiger partial charge < -0.3 is 14.8 Å². The van der Waals surface area contributed by atoms with E-state index >= 15 is 0 Å². The average Bonchev–Trinajstić information content (AvgIpc) is 2.68. The number of rotatable bonds is 2. The van der Waals surface area contributed by atoms with E-state index in [0.717, 1.165) is 11.3 Å². The normalized spacial score (nSPS) is 23.5. The van der Waals surface area contributed by atoms with E-state index in [1.54, 1.807) is 13.4 Å². The molecule has 1 fully saturated rings. The van der Waals surface area contributed by atoms with E-state index in [1.165, 1.54) is 0 Å². The van der Waals surface area contributed by atoms with Crippen molar-refractivity contribution in [1.82, 2.24) is 5.32 Å². The van der Waals surface area contributed by atoms with Gasteiger partial charge in [-0.15, -0.1) is 0 Å². The van der Waals surface area contributed by atoms with Crippen molar-refractivity contribution in [3.05, 3.63) is 47.9 Å². The molecular formula is C11H13NO2. The van der Waals surface area contributed by atoms with Gasteiger partial charge in [0.1, 0.15) is 6.26 Å². The number of ether oxygens (including phenoxy) is 2. The molecule has 1 heterocycles. The summed E-state index contributed by atoms with van der Waals surface area (Å²) in [6.45, 7) is 0.577. The molecule has 1 aliphatic heterocycles. The molecule has 1 aromatic rings. The molecule has 74 valence electrons. The maximum Gasteiger partial charge on any atom is 0.154 e. The molecule has 2 rings (SSSR count). The van der Waals surface area contributed by atoms with Crippen molar-refractivity contribution < 1.29 is 9.47 Å². The van der Waals surface area contributed by atoms with Gasteiger partial charge in [-0.2, -0.15) is 0 Å². The molecule has 0 spiro atoms. The Balaban J connectivity index is 2.06. The summed E-state index contributed by atoms with van der Waals surface area (Å²) < 4.78 is 10.5. The molecule has 0 saturated carbocycles. The van der Waals surface area contributed by atoms with Gasteiger partial charge in [0.05, 0.1) is 19.4 Å². The van der Waals surface area contributed by atoms with Gasteiger partial charge in [0.15, 0.2) is 6.23 Å². The van der Waals surface area contributed by atoms with Gasteiger partial charge in [-0.05, 0) is 0 Å². The van der Waals surface area contributed by atoms with Gasteiger partial charge in [-0.25, -0.2) is 0 Å². The molecule has 1 unspecified atom stereocenters. The van der Waals surface area contributed by atoms with Crippen LogP contribution in [-0.2, 0) is 9.47 Å². The quantitative estimate of drug-likeness (QED) is 0.723. The van der Waals surface area contributed by atoms with E-state index in [-0.39, 0.29) is 6.23 Å². The summed E-state index contributed by atoms with van der Waals surface area (Å²) in [5.74, 6) is 0. The summed E-state index contributed by atoms with van der Waals surface area (Å²) in [4.78, 5) is 0. The number of methoxy groups -OCH3 is 1. The first-order valence-electron chi connectivity index (χ1n) is 4.55. The molecule has 1 aromatic carbocycles. The second-order valence-corrected chi connectivity index (χ2v) is 3.12. The number of nitrogens with one attached hydrogen (secondary N) is 1. The molecule has 0 aromatic heterocycles. The molecule has 0 bridgehead atoms. The lowest BCUT2D eigenvalue weighted by Gasteiger charge is -2.09. The first kappa shape index (κ1) is 9.09. The van der Waals surface area contributed by atoms with Crippen molar-refractivity contribution in [2.45, 2.75) is 6.23 Å². The van der Waals surface area contributed by atoms with Gasteiger partial charge in [-0.1, -0.05) is 30.3 Å². The lowest BCUT2D eigenvalue weighted by Crippen LogP contribution is -2.12. The van der Waals surface area contributed by atoms with Gasteiger partial charge in [0, 0.05) is 5.56 Å². The van der Waals surface area contributed by atoms with Crippen LogP contribution in [0.5, 0.6) is 0 Å². The highest BCUT2D eigenvalue weighted by Gasteiger charge is 2.19. The largest absolute Gasteiger partial charge is 0.502 e. The standard InChI is InChI=1S/C11H13NO2/c1-13-7-10-8-14-11(12-10)9-5-3-2-4-6-9/h2-7,11-12H,8H2,1H3. The summed E-state index contributed by atoms with van der Waals surface area (Å²) in [5, 5.41) is 3.22. The zero-order chi connectivity index (χ0) is 9.80. The fraction of sp³-hybridized carbons (Fsp3) is 0.273. The predicted octanol–water partition coefficient (Wildman–Crippen LogP) is 1.79. The van der Waals surface area contributed by atoms with E-state index in [9.17, 15) is 0 Å². The van der Waals surface area contributed by atoms with Crippen LogP contribution in [0.15, 0.2) is 42.3 Å². The number of hydrogen-bond acceptors (Lipinski definition) is 3. The van der Waals surface area contributed by atoms with E-state index in [2.05, 4.69) is 5.32 Å². The minimum absolute atomic E-state index is 0.0439. The van der Waals surface area contributed by atoms with Crippen LogP contribution in [0.1, 0.15) is 11.8 Å². The van der Waals surface area contributed by atoms with E-state index in [0.29, 0.717) is 6.61 Å². The third-order valence-corrected chi connectivity index (χ3v) is 2.08. The molecular weight excluding hydrogens is 178 g/mol. The van der Waals surface area contributed by atoms with Crippen molar-refractivity contribution in [2.24, 2.45) is 0 Å². The maximum absolute atomic E-state index is 5.54. The summed E-state index contributed by atoms with van der Waals surface area (Å²) in [7, 11) is 1.63. The first-order valence-corrected chi connectivity index (χ1v) is 4.55. The zero-order valence-corrected chi connectivity index (χ0v) is 8.07. The smallest absolute Gasteiger partial charge is 0.154 e. The Hall–Kier alpha value is -1.48. The van der Waals surface area contributed by atoms with Gasteiger partial charge in [0.2, 0.25) is 0 Å². The van der Waals surface area contributed by atoms with Crippen molar-refractivity contribution in [1.29, 1.82) is 0 Å². The minimum Gasteiger partial charge on any atom is -0.502 e. The molecule has 1 saturated heterocycles. The molecule has 1 aliphatic rings.